The van der Waals surface area contributed by atoms with Crippen LogP contribution in [0.3, 0.4) is 0 Å². The minimum absolute atomic E-state index is 0.198. The van der Waals surface area contributed by atoms with Crippen molar-refractivity contribution < 1.29 is 17.5 Å². The number of rotatable bonds is 4. The molecule has 0 unspecified atom stereocenters. The molecule has 5 nitrogen and oxygen atoms in total. The predicted molar refractivity (Wildman–Crippen MR) is 81.9 cm³/mol. The van der Waals surface area contributed by atoms with Gasteiger partial charge < -0.3 is 10.5 Å². The highest BCUT2D eigenvalue weighted by Crippen LogP contribution is 2.30. The number of nitrogen functional groups attached to an aromatic ring is 1. The maximum atomic E-state index is 14.0. The van der Waals surface area contributed by atoms with E-state index in [-0.39, 0.29) is 10.6 Å². The molecule has 0 saturated carbocycles. The molecule has 8 heteroatoms. The van der Waals surface area contributed by atoms with Crippen molar-refractivity contribution in [3.63, 3.8) is 0 Å². The summed E-state index contributed by atoms with van der Waals surface area (Å²) in [7, 11) is -2.23. The van der Waals surface area contributed by atoms with Crippen LogP contribution in [0.2, 0.25) is 0 Å². The summed E-state index contributed by atoms with van der Waals surface area (Å²) in [5.41, 5.74) is 5.86. The standard InChI is InChI=1S/C13H18BrFN2O3S/c1-20-8-9-2-4-17(5-3-9)21(18,19)13-7-12(16)10(14)6-11(13)15/h6-7,9H,2-5,8,16H2,1H3. The molecule has 1 heterocycles. The highest BCUT2D eigenvalue weighted by atomic mass is 79.9. The molecule has 0 aliphatic carbocycles. The van der Waals surface area contributed by atoms with Crippen molar-refractivity contribution in [1.29, 1.82) is 0 Å². The number of ether oxygens (including phenoxy) is 1. The summed E-state index contributed by atoms with van der Waals surface area (Å²) >= 11 is 3.08. The van der Waals surface area contributed by atoms with E-state index in [0.717, 1.165) is 12.1 Å². The van der Waals surface area contributed by atoms with E-state index in [4.69, 9.17) is 10.5 Å². The van der Waals surface area contributed by atoms with Gasteiger partial charge in [0.05, 0.1) is 0 Å². The van der Waals surface area contributed by atoms with Gasteiger partial charge in [-0.15, -0.1) is 0 Å². The number of hydrogen-bond donors (Lipinski definition) is 1. The highest BCUT2D eigenvalue weighted by Gasteiger charge is 2.31. The molecule has 2 N–H and O–H groups in total. The molecule has 0 bridgehead atoms. The van der Waals surface area contributed by atoms with Crippen LogP contribution < -0.4 is 5.73 Å². The summed E-state index contributed by atoms with van der Waals surface area (Å²) in [4.78, 5) is -0.367. The zero-order chi connectivity index (χ0) is 15.6. The van der Waals surface area contributed by atoms with E-state index < -0.39 is 15.8 Å². The molecule has 1 aliphatic rings. The minimum Gasteiger partial charge on any atom is -0.398 e. The molecular weight excluding hydrogens is 363 g/mol. The zero-order valence-corrected chi connectivity index (χ0v) is 14.1. The lowest BCUT2D eigenvalue weighted by molar-refractivity contribution is 0.121. The Bertz CT molecular complexity index is 616. The van der Waals surface area contributed by atoms with E-state index in [1.807, 2.05) is 0 Å². The van der Waals surface area contributed by atoms with Gasteiger partial charge in [0.15, 0.2) is 0 Å². The summed E-state index contributed by atoms with van der Waals surface area (Å²) in [5, 5.41) is 0. The van der Waals surface area contributed by atoms with E-state index >= 15 is 0 Å². The van der Waals surface area contributed by atoms with Gasteiger partial charge in [0.2, 0.25) is 10.0 Å². The Morgan fingerprint density at radius 3 is 2.62 bits per heavy atom. The van der Waals surface area contributed by atoms with Gasteiger partial charge in [-0.05, 0) is 46.8 Å². The number of halogens is 2. The molecule has 0 radical (unpaired) electrons. The van der Waals surface area contributed by atoms with Crippen molar-refractivity contribution in [2.45, 2.75) is 17.7 Å². The van der Waals surface area contributed by atoms with Crippen molar-refractivity contribution in [2.75, 3.05) is 32.5 Å². The second kappa shape index (κ2) is 6.60. The van der Waals surface area contributed by atoms with E-state index in [2.05, 4.69) is 15.9 Å². The first kappa shape index (κ1) is 16.7. The van der Waals surface area contributed by atoms with E-state index in [1.54, 1.807) is 7.11 Å². The highest BCUT2D eigenvalue weighted by molar-refractivity contribution is 9.10. The van der Waals surface area contributed by atoms with Gasteiger partial charge in [0.25, 0.3) is 0 Å². The Balaban J connectivity index is 2.22. The topological polar surface area (TPSA) is 72.6 Å². The first-order valence-electron chi connectivity index (χ1n) is 6.60. The molecule has 1 saturated heterocycles. The van der Waals surface area contributed by atoms with Crippen molar-refractivity contribution in [3.05, 3.63) is 22.4 Å². The number of piperidine rings is 1. The van der Waals surface area contributed by atoms with Crippen molar-refractivity contribution in [1.82, 2.24) is 4.31 Å². The molecule has 2 rings (SSSR count). The number of nitrogens with two attached hydrogens (primary N) is 1. The summed E-state index contributed by atoms with van der Waals surface area (Å²) < 4.78 is 45.7. The third-order valence-electron chi connectivity index (χ3n) is 3.64. The molecule has 0 atom stereocenters. The van der Waals surface area contributed by atoms with E-state index in [0.29, 0.717) is 42.9 Å². The summed E-state index contributed by atoms with van der Waals surface area (Å²) in [6.45, 7) is 1.35. The lowest BCUT2D eigenvalue weighted by Gasteiger charge is -2.31. The smallest absolute Gasteiger partial charge is 0.246 e. The van der Waals surface area contributed by atoms with Crippen LogP contribution in [0.1, 0.15) is 12.8 Å². The molecule has 21 heavy (non-hydrogen) atoms. The van der Waals surface area contributed by atoms with Gasteiger partial charge in [0, 0.05) is 37.0 Å². The number of hydrogen-bond acceptors (Lipinski definition) is 4. The number of nitrogens with zero attached hydrogens (tertiary/aromatic N) is 1. The summed E-state index contributed by atoms with van der Waals surface area (Å²) in [5.74, 6) is -0.448. The van der Waals surface area contributed by atoms with Crippen LogP contribution in [0, 0.1) is 11.7 Å². The second-order valence-electron chi connectivity index (χ2n) is 5.11. The first-order valence-corrected chi connectivity index (χ1v) is 8.83. The molecule has 0 amide bonds. The Kier molecular flexibility index (Phi) is 5.24. The van der Waals surface area contributed by atoms with Gasteiger partial charge in [-0.25, -0.2) is 12.8 Å². The van der Waals surface area contributed by atoms with Crippen LogP contribution >= 0.6 is 15.9 Å². The lowest BCUT2D eigenvalue weighted by Crippen LogP contribution is -2.39. The zero-order valence-electron chi connectivity index (χ0n) is 11.7. The van der Waals surface area contributed by atoms with Gasteiger partial charge in [0.1, 0.15) is 10.7 Å². The number of anilines is 1. The SMILES string of the molecule is COCC1CCN(S(=O)(=O)c2cc(N)c(Br)cc2F)CC1. The molecule has 0 spiro atoms. The van der Waals surface area contributed by atoms with Gasteiger partial charge in [-0.2, -0.15) is 4.31 Å². The Morgan fingerprint density at radius 1 is 1.43 bits per heavy atom. The number of benzene rings is 1. The Labute approximate surface area is 132 Å². The fourth-order valence-corrected chi connectivity index (χ4v) is 4.30. The van der Waals surface area contributed by atoms with Crippen molar-refractivity contribution >= 4 is 31.6 Å². The third kappa shape index (κ3) is 3.56. The van der Waals surface area contributed by atoms with Crippen LogP contribution in [0.5, 0.6) is 0 Å². The average molecular weight is 381 g/mol. The fraction of sp³-hybridized carbons (Fsp3) is 0.538. The second-order valence-corrected chi connectivity index (χ2v) is 7.87. The van der Waals surface area contributed by atoms with Crippen molar-refractivity contribution in [3.8, 4) is 0 Å². The van der Waals surface area contributed by atoms with Crippen LogP contribution in [-0.2, 0) is 14.8 Å². The van der Waals surface area contributed by atoms with E-state index in [9.17, 15) is 12.8 Å². The average Bonchev–Trinajstić information content (AvgIpc) is 2.43. The summed E-state index contributed by atoms with van der Waals surface area (Å²) in [6, 6.07) is 2.25. The first-order chi connectivity index (χ1) is 9.86. The van der Waals surface area contributed by atoms with Crippen molar-refractivity contribution in [2.24, 2.45) is 5.92 Å². The van der Waals surface area contributed by atoms with Gasteiger partial charge in [-0.1, -0.05) is 0 Å². The van der Waals surface area contributed by atoms with Gasteiger partial charge in [-0.3, -0.25) is 0 Å². The molecule has 0 aromatic heterocycles. The Morgan fingerprint density at radius 2 is 2.05 bits per heavy atom. The lowest BCUT2D eigenvalue weighted by atomic mass is 9.99. The largest absolute Gasteiger partial charge is 0.398 e. The minimum atomic E-state index is -3.85. The van der Waals surface area contributed by atoms with Crippen LogP contribution in [0.4, 0.5) is 10.1 Å². The normalized spacial score (nSPS) is 18.0. The maximum absolute atomic E-state index is 14.0. The maximum Gasteiger partial charge on any atom is 0.246 e. The summed E-state index contributed by atoms with van der Waals surface area (Å²) in [6.07, 6.45) is 1.42. The molecule has 1 aromatic rings. The molecular formula is C13H18BrFN2O3S. The number of methoxy groups -OCH3 is 1. The van der Waals surface area contributed by atoms with Gasteiger partial charge >= 0.3 is 0 Å². The quantitative estimate of drug-likeness (QED) is 0.812. The van der Waals surface area contributed by atoms with Crippen LogP contribution in [0.15, 0.2) is 21.5 Å². The van der Waals surface area contributed by atoms with Crippen LogP contribution in [0.25, 0.3) is 0 Å². The third-order valence-corrected chi connectivity index (χ3v) is 6.25. The Hall–Kier alpha value is -0.700. The van der Waals surface area contributed by atoms with Crippen LogP contribution in [-0.4, -0.2) is 39.5 Å². The molecule has 118 valence electrons. The predicted octanol–water partition coefficient (Wildman–Crippen LogP) is 2.22. The molecule has 1 fully saturated rings. The number of sulfonamides is 1. The molecule has 1 aliphatic heterocycles. The monoisotopic (exact) mass is 380 g/mol. The van der Waals surface area contributed by atoms with E-state index in [1.165, 1.54) is 4.31 Å². The fourth-order valence-electron chi connectivity index (χ4n) is 2.43. The molecule has 1 aromatic carbocycles.